The average molecular weight is 316 g/mol. The zero-order valence-corrected chi connectivity index (χ0v) is 13.1. The third-order valence-corrected chi connectivity index (χ3v) is 6.19. The van der Waals surface area contributed by atoms with Gasteiger partial charge in [-0.25, -0.2) is 9.67 Å². The van der Waals surface area contributed by atoms with E-state index in [1.807, 2.05) is 24.4 Å². The monoisotopic (exact) mass is 315 g/mol. The Morgan fingerprint density at radius 3 is 2.64 bits per heavy atom. The molecule has 5 heteroatoms. The number of aromatic nitrogens is 3. The van der Waals surface area contributed by atoms with Gasteiger partial charge < -0.3 is 4.74 Å². The van der Waals surface area contributed by atoms with Crippen molar-refractivity contribution in [2.24, 2.45) is 16.7 Å². The quantitative estimate of drug-likeness (QED) is 0.786. The summed E-state index contributed by atoms with van der Waals surface area (Å²) in [6.07, 6.45) is 8.90. The van der Waals surface area contributed by atoms with Crippen molar-refractivity contribution in [1.29, 1.82) is 0 Å². The van der Waals surface area contributed by atoms with Crippen LogP contribution in [0.2, 0.25) is 5.15 Å². The number of halogens is 1. The first-order valence-electron chi connectivity index (χ1n) is 8.05. The highest BCUT2D eigenvalue weighted by Gasteiger charge is 2.85. The summed E-state index contributed by atoms with van der Waals surface area (Å²) in [5, 5.41) is 4.88. The Balaban J connectivity index is 1.20. The molecule has 2 spiro atoms. The fourth-order valence-electron chi connectivity index (χ4n) is 4.67. The molecule has 2 heterocycles. The molecule has 4 nitrogen and oxygen atoms in total. The fraction of sp³-hybridized carbons (Fsp3) is 0.529. The molecule has 2 aromatic heterocycles. The van der Waals surface area contributed by atoms with Crippen LogP contribution in [0.4, 0.5) is 0 Å². The zero-order valence-electron chi connectivity index (χ0n) is 12.3. The Hall–Kier alpha value is -1.55. The van der Waals surface area contributed by atoms with Gasteiger partial charge in [0, 0.05) is 12.3 Å². The van der Waals surface area contributed by atoms with E-state index in [-0.39, 0.29) is 0 Å². The molecule has 2 aromatic rings. The van der Waals surface area contributed by atoms with Gasteiger partial charge in [0.1, 0.15) is 5.15 Å². The van der Waals surface area contributed by atoms with Crippen molar-refractivity contribution in [3.63, 3.8) is 0 Å². The van der Waals surface area contributed by atoms with Crippen LogP contribution < -0.4 is 4.74 Å². The number of fused-ring (bicyclic) bond motifs is 1. The van der Waals surface area contributed by atoms with Crippen molar-refractivity contribution in [2.45, 2.75) is 32.1 Å². The van der Waals surface area contributed by atoms with Crippen LogP contribution in [0.15, 0.2) is 30.5 Å². The summed E-state index contributed by atoms with van der Waals surface area (Å²) in [6.45, 7) is 0.772. The minimum atomic E-state index is 0.466. The van der Waals surface area contributed by atoms with Gasteiger partial charge in [0.25, 0.3) is 0 Å². The van der Waals surface area contributed by atoms with Gasteiger partial charge in [-0.05, 0) is 61.0 Å². The number of ether oxygens (including phenoxy) is 1. The summed E-state index contributed by atoms with van der Waals surface area (Å²) >= 11 is 5.91. The van der Waals surface area contributed by atoms with E-state index in [0.29, 0.717) is 16.9 Å². The molecule has 3 aliphatic carbocycles. The Bertz CT molecular complexity index is 715. The lowest BCUT2D eigenvalue weighted by atomic mass is 10.2. The molecule has 114 valence electrons. The van der Waals surface area contributed by atoms with E-state index in [1.54, 1.807) is 10.7 Å². The summed E-state index contributed by atoms with van der Waals surface area (Å²) < 4.78 is 7.54. The van der Waals surface area contributed by atoms with E-state index in [1.165, 1.54) is 32.1 Å². The summed E-state index contributed by atoms with van der Waals surface area (Å²) in [5.41, 5.74) is 1.53. The van der Waals surface area contributed by atoms with Gasteiger partial charge in [0.05, 0.1) is 6.61 Å². The van der Waals surface area contributed by atoms with Gasteiger partial charge in [-0.2, -0.15) is 0 Å². The highest BCUT2D eigenvalue weighted by molar-refractivity contribution is 6.29. The average Bonchev–Trinajstić information content (AvgIpc) is 3.46. The first-order valence-corrected chi connectivity index (χ1v) is 8.43. The Kier molecular flexibility index (Phi) is 2.50. The maximum absolute atomic E-state index is 5.91. The molecule has 0 saturated heterocycles. The Morgan fingerprint density at radius 2 is 1.95 bits per heavy atom. The van der Waals surface area contributed by atoms with E-state index in [0.717, 1.165) is 23.4 Å². The third-order valence-electron chi connectivity index (χ3n) is 5.98. The van der Waals surface area contributed by atoms with Crippen LogP contribution in [0.25, 0.3) is 5.82 Å². The first-order chi connectivity index (χ1) is 10.7. The van der Waals surface area contributed by atoms with Crippen LogP contribution >= 0.6 is 11.6 Å². The molecule has 0 unspecified atom stereocenters. The van der Waals surface area contributed by atoms with Crippen molar-refractivity contribution in [1.82, 2.24) is 14.8 Å². The minimum Gasteiger partial charge on any atom is -0.477 e. The van der Waals surface area contributed by atoms with E-state index >= 15 is 0 Å². The van der Waals surface area contributed by atoms with Crippen LogP contribution in [0.5, 0.6) is 5.88 Å². The minimum absolute atomic E-state index is 0.466. The number of hydrogen-bond acceptors (Lipinski definition) is 3. The molecule has 5 rings (SSSR count). The third kappa shape index (κ3) is 1.76. The molecule has 0 atom stereocenters. The standard InChI is InChI=1S/C17H18ClN3O/c18-13-2-1-3-14(19-13)21-10-4-15(20-21)22-11-5-12-16(6-7-16)17(12)8-9-17/h1-4,10,12H,5-9,11H2. The first kappa shape index (κ1) is 12.9. The molecule has 0 aromatic carbocycles. The van der Waals surface area contributed by atoms with Crippen LogP contribution in [0.3, 0.4) is 0 Å². The van der Waals surface area contributed by atoms with Gasteiger partial charge in [-0.1, -0.05) is 17.7 Å². The molecule has 3 saturated carbocycles. The Labute approximate surface area is 134 Å². The van der Waals surface area contributed by atoms with Crippen molar-refractivity contribution in [3.8, 4) is 11.7 Å². The second-order valence-corrected chi connectivity index (χ2v) is 7.31. The highest BCUT2D eigenvalue weighted by atomic mass is 35.5. The van der Waals surface area contributed by atoms with Crippen LogP contribution in [0.1, 0.15) is 32.1 Å². The van der Waals surface area contributed by atoms with Crippen LogP contribution in [-0.4, -0.2) is 21.4 Å². The van der Waals surface area contributed by atoms with E-state index < -0.39 is 0 Å². The normalized spacial score (nSPS) is 23.0. The van der Waals surface area contributed by atoms with Crippen LogP contribution in [0, 0.1) is 16.7 Å². The molecule has 0 amide bonds. The largest absolute Gasteiger partial charge is 0.477 e. The predicted octanol–water partition coefficient (Wildman–Crippen LogP) is 3.88. The van der Waals surface area contributed by atoms with Gasteiger partial charge in [-0.15, -0.1) is 5.10 Å². The van der Waals surface area contributed by atoms with E-state index in [4.69, 9.17) is 16.3 Å². The van der Waals surface area contributed by atoms with Gasteiger partial charge in [-0.3, -0.25) is 0 Å². The molecule has 3 aliphatic rings. The summed E-state index contributed by atoms with van der Waals surface area (Å²) in [4.78, 5) is 4.24. The number of hydrogen-bond donors (Lipinski definition) is 0. The lowest BCUT2D eigenvalue weighted by Gasteiger charge is -2.03. The van der Waals surface area contributed by atoms with Gasteiger partial charge in [0.15, 0.2) is 5.82 Å². The molecule has 0 aliphatic heterocycles. The lowest BCUT2D eigenvalue weighted by Crippen LogP contribution is -2.02. The molecular formula is C17H18ClN3O. The molecular weight excluding hydrogens is 298 g/mol. The van der Waals surface area contributed by atoms with Crippen LogP contribution in [-0.2, 0) is 0 Å². The SMILES string of the molecule is Clc1cccc(-n2ccc(OCCC3C4(CC4)C34CC4)n2)n1. The zero-order chi connectivity index (χ0) is 14.8. The molecule has 22 heavy (non-hydrogen) atoms. The molecule has 0 bridgehead atoms. The molecule has 3 fully saturated rings. The number of rotatable bonds is 5. The smallest absolute Gasteiger partial charge is 0.233 e. The lowest BCUT2D eigenvalue weighted by molar-refractivity contribution is 0.283. The Morgan fingerprint density at radius 1 is 1.18 bits per heavy atom. The number of pyridine rings is 1. The van der Waals surface area contributed by atoms with E-state index in [2.05, 4.69) is 10.1 Å². The molecule has 0 radical (unpaired) electrons. The number of nitrogens with zero attached hydrogens (tertiary/aromatic N) is 3. The van der Waals surface area contributed by atoms with Crippen molar-refractivity contribution in [3.05, 3.63) is 35.6 Å². The summed E-state index contributed by atoms with van der Waals surface area (Å²) in [5.74, 6) is 2.30. The maximum atomic E-state index is 5.91. The van der Waals surface area contributed by atoms with Crippen molar-refractivity contribution in [2.75, 3.05) is 6.61 Å². The van der Waals surface area contributed by atoms with Gasteiger partial charge in [0.2, 0.25) is 5.88 Å². The molecule has 0 N–H and O–H groups in total. The van der Waals surface area contributed by atoms with Gasteiger partial charge >= 0.3 is 0 Å². The van der Waals surface area contributed by atoms with E-state index in [9.17, 15) is 0 Å². The second-order valence-electron chi connectivity index (χ2n) is 6.92. The summed E-state index contributed by atoms with van der Waals surface area (Å²) in [6, 6.07) is 7.38. The van der Waals surface area contributed by atoms with Crippen molar-refractivity contribution < 1.29 is 4.74 Å². The predicted molar refractivity (Wildman–Crippen MR) is 83.3 cm³/mol. The van der Waals surface area contributed by atoms with Crippen molar-refractivity contribution >= 4 is 11.6 Å². The fourth-order valence-corrected chi connectivity index (χ4v) is 4.83. The summed E-state index contributed by atoms with van der Waals surface area (Å²) in [7, 11) is 0. The second kappa shape index (κ2) is 4.25. The highest BCUT2D eigenvalue weighted by Crippen LogP contribution is 2.93. The maximum Gasteiger partial charge on any atom is 0.233 e. The topological polar surface area (TPSA) is 39.9 Å².